The number of hydrogen-bond donors (Lipinski definition) is 0. The van der Waals surface area contributed by atoms with Crippen LogP contribution in [0.3, 0.4) is 0 Å². The molecule has 1 aromatic heterocycles. The molecule has 0 N–H and O–H groups in total. The number of nitrogens with zero attached hydrogens (tertiary/aromatic N) is 4. The minimum absolute atomic E-state index is 0.0864. The van der Waals surface area contributed by atoms with Gasteiger partial charge in [-0.25, -0.2) is 13.1 Å². The molecule has 0 saturated carbocycles. The number of hydrogen-bond acceptors (Lipinski definition) is 6. The summed E-state index contributed by atoms with van der Waals surface area (Å²) >= 11 is 6.92. The SMILES string of the molecule is CCCCCCCCN1C(=O)C(=Cc2cn(-c3ccccc3)nc2-c2cccc(S(=O)(=O)N3CC(C)CC(C)C3)c2)SC1=S. The second-order valence-electron chi connectivity index (χ2n) is 12.1. The number of amides is 1. The second-order valence-corrected chi connectivity index (χ2v) is 15.7. The van der Waals surface area contributed by atoms with E-state index in [1.165, 1.54) is 37.4 Å². The molecule has 0 spiro atoms. The molecular formula is C34H42N4O3S3. The summed E-state index contributed by atoms with van der Waals surface area (Å²) in [5.41, 5.74) is 2.87. The van der Waals surface area contributed by atoms with Crippen LogP contribution in [0.4, 0.5) is 0 Å². The van der Waals surface area contributed by atoms with Gasteiger partial charge in [0.05, 0.1) is 15.5 Å². The molecule has 10 heteroatoms. The van der Waals surface area contributed by atoms with Crippen LogP contribution in [0.2, 0.25) is 0 Å². The van der Waals surface area contributed by atoms with Crippen LogP contribution in [-0.4, -0.2) is 57.3 Å². The van der Waals surface area contributed by atoms with Crippen LogP contribution in [0.5, 0.6) is 0 Å². The highest BCUT2D eigenvalue weighted by atomic mass is 32.2. The third-order valence-electron chi connectivity index (χ3n) is 8.24. The van der Waals surface area contributed by atoms with E-state index in [0.29, 0.717) is 52.0 Å². The predicted molar refractivity (Wildman–Crippen MR) is 184 cm³/mol. The third-order valence-corrected chi connectivity index (χ3v) is 11.4. The second kappa shape index (κ2) is 14.5. The van der Waals surface area contributed by atoms with Gasteiger partial charge in [0.15, 0.2) is 0 Å². The van der Waals surface area contributed by atoms with Crippen molar-refractivity contribution in [2.24, 2.45) is 11.8 Å². The fourth-order valence-corrected chi connectivity index (χ4v) is 9.09. The number of carbonyl (C=O) groups is 1. The lowest BCUT2D eigenvalue weighted by molar-refractivity contribution is -0.122. The zero-order valence-corrected chi connectivity index (χ0v) is 28.3. The Bertz CT molecular complexity index is 1610. The van der Waals surface area contributed by atoms with E-state index >= 15 is 0 Å². The molecule has 44 heavy (non-hydrogen) atoms. The Balaban J connectivity index is 1.45. The number of benzene rings is 2. The van der Waals surface area contributed by atoms with Crippen molar-refractivity contribution < 1.29 is 13.2 Å². The van der Waals surface area contributed by atoms with Gasteiger partial charge in [-0.15, -0.1) is 0 Å². The van der Waals surface area contributed by atoms with Gasteiger partial charge >= 0.3 is 0 Å². The van der Waals surface area contributed by atoms with E-state index in [2.05, 4.69) is 20.8 Å². The van der Waals surface area contributed by atoms with Crippen molar-refractivity contribution in [1.29, 1.82) is 0 Å². The lowest BCUT2D eigenvalue weighted by atomic mass is 9.94. The monoisotopic (exact) mass is 650 g/mol. The highest BCUT2D eigenvalue weighted by molar-refractivity contribution is 8.26. The predicted octanol–water partition coefficient (Wildman–Crippen LogP) is 7.77. The summed E-state index contributed by atoms with van der Waals surface area (Å²) in [6, 6.07) is 16.8. The van der Waals surface area contributed by atoms with Crippen molar-refractivity contribution in [2.45, 2.75) is 70.6 Å². The highest BCUT2D eigenvalue weighted by Crippen LogP contribution is 2.36. The number of piperidine rings is 1. The molecule has 234 valence electrons. The van der Waals surface area contributed by atoms with Crippen LogP contribution in [-0.2, 0) is 14.8 Å². The van der Waals surface area contributed by atoms with E-state index in [-0.39, 0.29) is 10.8 Å². The van der Waals surface area contributed by atoms with Gasteiger partial charge in [0.25, 0.3) is 5.91 Å². The summed E-state index contributed by atoms with van der Waals surface area (Å²) in [4.78, 5) is 16.0. The van der Waals surface area contributed by atoms with E-state index in [9.17, 15) is 13.2 Å². The molecule has 2 atom stereocenters. The Labute approximate surface area is 271 Å². The zero-order valence-electron chi connectivity index (χ0n) is 25.8. The van der Waals surface area contributed by atoms with E-state index in [4.69, 9.17) is 17.3 Å². The number of sulfonamides is 1. The van der Waals surface area contributed by atoms with Gasteiger partial charge in [0.2, 0.25) is 10.0 Å². The van der Waals surface area contributed by atoms with Crippen molar-refractivity contribution in [3.63, 3.8) is 0 Å². The number of thioether (sulfide) groups is 1. The number of para-hydroxylation sites is 1. The van der Waals surface area contributed by atoms with Gasteiger partial charge in [-0.05, 0) is 55.0 Å². The van der Waals surface area contributed by atoms with Crippen molar-refractivity contribution in [2.75, 3.05) is 19.6 Å². The van der Waals surface area contributed by atoms with Gasteiger partial charge in [0.1, 0.15) is 10.0 Å². The molecule has 2 fully saturated rings. The first kappa shape index (κ1) is 32.6. The Morgan fingerprint density at radius 3 is 2.41 bits per heavy atom. The quantitative estimate of drug-likeness (QED) is 0.113. The maximum Gasteiger partial charge on any atom is 0.266 e. The first-order valence-corrected chi connectivity index (χ1v) is 18.3. The fraction of sp³-hybridized carbons (Fsp3) is 0.441. The van der Waals surface area contributed by atoms with Crippen LogP contribution >= 0.6 is 24.0 Å². The number of unbranched alkanes of at least 4 members (excludes halogenated alkanes) is 5. The Hall–Kier alpha value is -2.79. The van der Waals surface area contributed by atoms with Crippen LogP contribution < -0.4 is 0 Å². The Morgan fingerprint density at radius 2 is 1.68 bits per heavy atom. The minimum atomic E-state index is -3.68. The van der Waals surface area contributed by atoms with E-state index in [0.717, 1.165) is 30.5 Å². The van der Waals surface area contributed by atoms with Crippen LogP contribution in [0.15, 0.2) is 70.6 Å². The summed E-state index contributed by atoms with van der Waals surface area (Å²) in [6.07, 6.45) is 11.6. The van der Waals surface area contributed by atoms with Crippen molar-refractivity contribution in [3.8, 4) is 16.9 Å². The number of thiocarbonyl (C=S) groups is 1. The average Bonchev–Trinajstić information content (AvgIpc) is 3.55. The summed E-state index contributed by atoms with van der Waals surface area (Å²) in [6.45, 7) is 8.08. The smallest absolute Gasteiger partial charge is 0.266 e. The largest absolute Gasteiger partial charge is 0.293 e. The van der Waals surface area contributed by atoms with Crippen molar-refractivity contribution in [1.82, 2.24) is 19.0 Å². The molecule has 2 aliphatic rings. The number of rotatable bonds is 12. The van der Waals surface area contributed by atoms with Gasteiger partial charge in [-0.1, -0.05) is 107 Å². The van der Waals surface area contributed by atoms with Gasteiger partial charge in [-0.3, -0.25) is 9.69 Å². The topological polar surface area (TPSA) is 75.5 Å². The van der Waals surface area contributed by atoms with Crippen LogP contribution in [0, 0.1) is 11.8 Å². The molecular weight excluding hydrogens is 609 g/mol. The maximum atomic E-state index is 13.7. The van der Waals surface area contributed by atoms with Gasteiger partial charge < -0.3 is 0 Å². The maximum absolute atomic E-state index is 13.7. The lowest BCUT2D eigenvalue weighted by Crippen LogP contribution is -2.42. The molecule has 2 saturated heterocycles. The molecule has 2 aliphatic heterocycles. The molecule has 2 unspecified atom stereocenters. The van der Waals surface area contributed by atoms with Gasteiger partial charge in [0, 0.05) is 37.0 Å². The Morgan fingerprint density at radius 1 is 0.977 bits per heavy atom. The summed E-state index contributed by atoms with van der Waals surface area (Å²) in [5.74, 6) is 0.533. The molecule has 0 bridgehead atoms. The highest BCUT2D eigenvalue weighted by Gasteiger charge is 2.33. The van der Waals surface area contributed by atoms with Gasteiger partial charge in [-0.2, -0.15) is 9.40 Å². The summed E-state index contributed by atoms with van der Waals surface area (Å²) < 4.78 is 31.5. The fourth-order valence-electron chi connectivity index (χ4n) is 6.07. The first-order valence-electron chi connectivity index (χ1n) is 15.7. The van der Waals surface area contributed by atoms with E-state index < -0.39 is 10.0 Å². The number of aromatic nitrogens is 2. The number of carbonyl (C=O) groups excluding carboxylic acids is 1. The average molecular weight is 651 g/mol. The van der Waals surface area contributed by atoms with Crippen molar-refractivity contribution >= 4 is 50.3 Å². The minimum Gasteiger partial charge on any atom is -0.293 e. The molecule has 0 aliphatic carbocycles. The molecule has 1 amide bonds. The Kier molecular flexibility index (Phi) is 10.8. The van der Waals surface area contributed by atoms with E-state index in [1.54, 1.807) is 32.1 Å². The summed E-state index contributed by atoms with van der Waals surface area (Å²) in [7, 11) is -3.68. The molecule has 3 aromatic rings. The normalized spacial score (nSPS) is 20.6. The molecule has 2 aromatic carbocycles. The molecule has 5 rings (SSSR count). The first-order chi connectivity index (χ1) is 21.2. The van der Waals surface area contributed by atoms with Crippen LogP contribution in [0.25, 0.3) is 23.0 Å². The summed E-state index contributed by atoms with van der Waals surface area (Å²) in [5, 5.41) is 4.90. The molecule has 3 heterocycles. The van der Waals surface area contributed by atoms with Crippen molar-refractivity contribution in [3.05, 3.63) is 71.3 Å². The molecule has 0 radical (unpaired) electrons. The standard InChI is InChI=1S/C34H42N4O3S3/c1-4-5-6-7-8-12-18-37-33(39)31(43-34(37)42)21-28-24-38(29-15-10-9-11-16-29)35-32(28)27-14-13-17-30(20-27)44(40,41)36-22-25(2)19-26(3)23-36/h9-11,13-17,20-21,24-26H,4-8,12,18-19,22-23H2,1-3H3. The van der Waals surface area contributed by atoms with E-state index in [1.807, 2.05) is 48.7 Å². The molecule has 7 nitrogen and oxygen atoms in total. The lowest BCUT2D eigenvalue weighted by Gasteiger charge is -2.34. The zero-order chi connectivity index (χ0) is 31.3. The third kappa shape index (κ3) is 7.53. The van der Waals surface area contributed by atoms with Crippen LogP contribution in [0.1, 0.15) is 71.3 Å².